The molecule has 7 heterocycles. The summed E-state index contributed by atoms with van der Waals surface area (Å²) >= 11 is 0. The van der Waals surface area contributed by atoms with Crippen LogP contribution in [-0.4, -0.2) is 44.1 Å². The summed E-state index contributed by atoms with van der Waals surface area (Å²) in [6.45, 7) is 4.01. The van der Waals surface area contributed by atoms with Crippen LogP contribution in [0.1, 0.15) is 86.8 Å². The van der Waals surface area contributed by atoms with Crippen molar-refractivity contribution >= 4 is 28.3 Å². The number of amides is 1. The molecule has 3 aromatic carbocycles. The van der Waals surface area contributed by atoms with Crippen molar-refractivity contribution in [3.8, 4) is 39.8 Å². The number of benzene rings is 3. The Morgan fingerprint density at radius 1 is 0.982 bits per heavy atom. The summed E-state index contributed by atoms with van der Waals surface area (Å²) in [4.78, 5) is 41.6. The standard InChI is InChI=1S/C44H41N5O6/c1-21(2)35-42-48-37-39(55-42)44-28-12-6-11-26(25-10-7-13-30-34(25)27(19-45-30)33-20-46-41(37)53-33)36(28)49-43(44)54-32-15-14-22(17-29(32)44)16-24(40(52)47-35)18-31(50)38(51)23-8-4-3-5-9-23/h6-7,10-15,17,19-21,23-24,35,38,43,45,49,51H,3-5,8-9,16,18H2,1-2H3,(H,47,52)/t24?,35-,38-,43?,44-/m0/s1. The number of carbonyl (C=O) groups excluding carboxylic acids is 2. The fraction of sp³-hybridized carbons (Fsp3) is 0.364. The number of aliphatic hydroxyl groups is 1. The van der Waals surface area contributed by atoms with Gasteiger partial charge < -0.3 is 34.3 Å². The van der Waals surface area contributed by atoms with Crippen LogP contribution in [0.25, 0.3) is 44.9 Å². The number of hydrogen-bond donors (Lipinski definition) is 4. The average molecular weight is 736 g/mol. The number of aromatic amines is 1. The molecule has 6 aromatic rings. The lowest BCUT2D eigenvalue weighted by atomic mass is 9.72. The highest BCUT2D eigenvalue weighted by atomic mass is 16.5. The first kappa shape index (κ1) is 32.7. The molecule has 3 aromatic heterocycles. The molecule has 1 spiro atoms. The molecule has 11 rings (SSSR count). The number of anilines is 1. The molecule has 11 heteroatoms. The lowest BCUT2D eigenvalue weighted by molar-refractivity contribution is -0.136. The van der Waals surface area contributed by atoms with Gasteiger partial charge in [-0.2, -0.15) is 0 Å². The van der Waals surface area contributed by atoms with Crippen molar-refractivity contribution in [2.24, 2.45) is 17.8 Å². The maximum atomic E-state index is 14.4. The molecule has 10 bridgehead atoms. The first-order chi connectivity index (χ1) is 26.8. The second kappa shape index (κ2) is 11.9. The number of aliphatic hydroxyl groups excluding tert-OH is 1. The molecule has 5 aliphatic rings. The van der Waals surface area contributed by atoms with Gasteiger partial charge >= 0.3 is 0 Å². The monoisotopic (exact) mass is 735 g/mol. The van der Waals surface area contributed by atoms with Crippen LogP contribution in [-0.2, 0) is 21.4 Å². The fourth-order valence-corrected chi connectivity index (χ4v) is 10.0. The zero-order valence-electron chi connectivity index (χ0n) is 30.6. The van der Waals surface area contributed by atoms with Gasteiger partial charge in [0.25, 0.3) is 0 Å². The molecule has 55 heavy (non-hydrogen) atoms. The van der Waals surface area contributed by atoms with Crippen molar-refractivity contribution in [3.63, 3.8) is 0 Å². The highest BCUT2D eigenvalue weighted by Crippen LogP contribution is 2.61. The quantitative estimate of drug-likeness (QED) is 0.139. The largest absolute Gasteiger partial charge is 0.469 e. The number of fused-ring (bicyclic) bond motifs is 7. The van der Waals surface area contributed by atoms with E-state index in [9.17, 15) is 14.7 Å². The van der Waals surface area contributed by atoms with Crippen LogP contribution in [0, 0.1) is 17.8 Å². The van der Waals surface area contributed by atoms with Crippen molar-refractivity contribution in [1.29, 1.82) is 0 Å². The molecule has 1 fully saturated rings. The van der Waals surface area contributed by atoms with Gasteiger partial charge in [0.15, 0.2) is 29.2 Å². The number of H-pyrrole nitrogens is 1. The number of ketones is 1. The van der Waals surface area contributed by atoms with Crippen LogP contribution in [0.15, 0.2) is 75.8 Å². The number of hydrogen-bond acceptors (Lipinski definition) is 9. The third kappa shape index (κ3) is 4.65. The predicted molar refractivity (Wildman–Crippen MR) is 204 cm³/mol. The van der Waals surface area contributed by atoms with Crippen molar-refractivity contribution in [3.05, 3.63) is 95.3 Å². The lowest BCUT2D eigenvalue weighted by Crippen LogP contribution is -2.41. The summed E-state index contributed by atoms with van der Waals surface area (Å²) in [7, 11) is 0. The normalized spacial score (nSPS) is 24.0. The number of Topliss-reactive ketones (excluding diaryl/α,β-unsaturated/α-hetero) is 1. The predicted octanol–water partition coefficient (Wildman–Crippen LogP) is 7.82. The molecule has 1 amide bonds. The van der Waals surface area contributed by atoms with Gasteiger partial charge in [-0.3, -0.25) is 9.59 Å². The van der Waals surface area contributed by atoms with Gasteiger partial charge in [-0.05, 0) is 54.4 Å². The molecule has 2 unspecified atom stereocenters. The molecule has 0 radical (unpaired) electrons. The highest BCUT2D eigenvalue weighted by Gasteiger charge is 2.61. The second-order valence-corrected chi connectivity index (χ2v) is 16.3. The van der Waals surface area contributed by atoms with E-state index in [1.54, 1.807) is 6.20 Å². The van der Waals surface area contributed by atoms with Gasteiger partial charge in [0, 0.05) is 57.4 Å². The number of ether oxygens (including phenoxy) is 1. The highest BCUT2D eigenvalue weighted by molar-refractivity contribution is 6.07. The minimum absolute atomic E-state index is 0.0703. The maximum Gasteiger partial charge on any atom is 0.249 e. The molecular formula is C44H41N5O6. The topological polar surface area (TPSA) is 156 Å². The zero-order chi connectivity index (χ0) is 37.2. The van der Waals surface area contributed by atoms with E-state index in [-0.39, 0.29) is 29.9 Å². The van der Waals surface area contributed by atoms with Gasteiger partial charge in [-0.1, -0.05) is 75.6 Å². The molecule has 11 nitrogen and oxygen atoms in total. The summed E-state index contributed by atoms with van der Waals surface area (Å²) in [5.74, 6) is 0.867. The van der Waals surface area contributed by atoms with Gasteiger partial charge in [-0.25, -0.2) is 9.97 Å². The number of nitrogens with zero attached hydrogens (tertiary/aromatic N) is 2. The third-order valence-electron chi connectivity index (χ3n) is 12.8. The molecule has 4 N–H and O–H groups in total. The van der Waals surface area contributed by atoms with E-state index < -0.39 is 29.7 Å². The molecule has 1 aliphatic carbocycles. The van der Waals surface area contributed by atoms with Crippen LogP contribution in [0.4, 0.5) is 5.69 Å². The van der Waals surface area contributed by atoms with Crippen LogP contribution >= 0.6 is 0 Å². The van der Waals surface area contributed by atoms with Crippen LogP contribution in [0.2, 0.25) is 0 Å². The van der Waals surface area contributed by atoms with E-state index in [0.29, 0.717) is 41.2 Å². The van der Waals surface area contributed by atoms with Gasteiger partial charge in [0.05, 0.1) is 6.20 Å². The molecule has 278 valence electrons. The Morgan fingerprint density at radius 3 is 2.67 bits per heavy atom. The van der Waals surface area contributed by atoms with Crippen molar-refractivity contribution in [2.45, 2.75) is 82.6 Å². The number of aromatic nitrogens is 3. The Labute approximate surface area is 316 Å². The SMILES string of the molecule is CC(C)[C@@H]1NC(=O)C(CC(=O)[C@@H](O)C2CCCCC2)Cc2ccc3c(c2)[C@]24c5cccc(c5NC2O3)-c2cccc3[nH]cc(c23)-c2cnc(o2)-c2nc1oc24. The van der Waals surface area contributed by atoms with Gasteiger partial charge in [0.2, 0.25) is 17.7 Å². The van der Waals surface area contributed by atoms with Gasteiger partial charge in [-0.15, -0.1) is 0 Å². The Kier molecular flexibility index (Phi) is 7.09. The summed E-state index contributed by atoms with van der Waals surface area (Å²) in [5, 5.41) is 19.3. The van der Waals surface area contributed by atoms with Crippen molar-refractivity contribution in [2.75, 3.05) is 5.32 Å². The first-order valence-corrected chi connectivity index (χ1v) is 19.6. The number of carbonyl (C=O) groups is 2. The Balaban J connectivity index is 1.15. The van der Waals surface area contributed by atoms with Crippen LogP contribution in [0.5, 0.6) is 5.75 Å². The Morgan fingerprint density at radius 2 is 1.82 bits per heavy atom. The van der Waals surface area contributed by atoms with E-state index in [0.717, 1.165) is 82.1 Å². The average Bonchev–Trinajstić information content (AvgIpc) is 4.02. The van der Waals surface area contributed by atoms with Crippen molar-refractivity contribution < 1.29 is 28.3 Å². The minimum Gasteiger partial charge on any atom is -0.469 e. The van der Waals surface area contributed by atoms with Crippen LogP contribution in [0.3, 0.4) is 0 Å². The number of nitrogens with one attached hydrogen (secondary N) is 3. The minimum atomic E-state index is -1.08. The molecular weight excluding hydrogens is 695 g/mol. The summed E-state index contributed by atoms with van der Waals surface area (Å²) < 4.78 is 20.6. The Hall–Kier alpha value is -5.68. The lowest BCUT2D eigenvalue weighted by Gasteiger charge is -2.29. The molecule has 1 saturated carbocycles. The first-order valence-electron chi connectivity index (χ1n) is 19.6. The number of para-hydroxylation sites is 1. The van der Waals surface area contributed by atoms with E-state index in [2.05, 4.69) is 52.0 Å². The third-order valence-corrected chi connectivity index (χ3v) is 12.8. The van der Waals surface area contributed by atoms with Gasteiger partial charge in [0.1, 0.15) is 23.3 Å². The summed E-state index contributed by atoms with van der Waals surface area (Å²) in [6, 6.07) is 17.9. The molecule has 5 atom stereocenters. The fourth-order valence-electron chi connectivity index (χ4n) is 10.0. The maximum absolute atomic E-state index is 14.4. The molecule has 4 aliphatic heterocycles. The number of oxazole rings is 2. The summed E-state index contributed by atoms with van der Waals surface area (Å²) in [5.41, 5.74) is 6.89. The Bertz CT molecular complexity index is 2560. The smallest absolute Gasteiger partial charge is 0.249 e. The van der Waals surface area contributed by atoms with E-state index in [1.807, 2.05) is 38.2 Å². The second-order valence-electron chi connectivity index (χ2n) is 16.3. The zero-order valence-corrected chi connectivity index (χ0v) is 30.6. The number of rotatable bonds is 5. The van der Waals surface area contributed by atoms with Crippen LogP contribution < -0.4 is 15.4 Å². The van der Waals surface area contributed by atoms with E-state index in [4.69, 9.17) is 23.5 Å². The molecule has 0 saturated heterocycles. The van der Waals surface area contributed by atoms with E-state index in [1.165, 1.54) is 0 Å². The van der Waals surface area contributed by atoms with E-state index >= 15 is 0 Å². The van der Waals surface area contributed by atoms with Crippen molar-refractivity contribution in [1.82, 2.24) is 20.3 Å². The summed E-state index contributed by atoms with van der Waals surface area (Å²) in [6.07, 6.45) is 6.99.